The standard InChI is InChI=1S/C14H21NOS/c1-14(2,12-15)8-3-4-9-16-10-7-13-6-5-11-17-13/h5-6,11H,3-4,7-10H2,1-2H3. The van der Waals surface area contributed by atoms with Crippen LogP contribution in [0.5, 0.6) is 0 Å². The van der Waals surface area contributed by atoms with Crippen molar-refractivity contribution in [2.75, 3.05) is 13.2 Å². The summed E-state index contributed by atoms with van der Waals surface area (Å²) in [6.45, 7) is 5.60. The van der Waals surface area contributed by atoms with Gasteiger partial charge in [0.25, 0.3) is 0 Å². The topological polar surface area (TPSA) is 33.0 Å². The van der Waals surface area contributed by atoms with Crippen LogP contribution in [-0.2, 0) is 11.2 Å². The Bertz CT molecular complexity index is 338. The lowest BCUT2D eigenvalue weighted by Gasteiger charge is -2.14. The summed E-state index contributed by atoms with van der Waals surface area (Å²) in [5.74, 6) is 0. The minimum atomic E-state index is -0.184. The third-order valence-electron chi connectivity index (χ3n) is 2.72. The molecule has 17 heavy (non-hydrogen) atoms. The van der Waals surface area contributed by atoms with Crippen molar-refractivity contribution in [3.63, 3.8) is 0 Å². The molecule has 94 valence electrons. The maximum Gasteiger partial charge on any atom is 0.0683 e. The number of unbranched alkanes of at least 4 members (excludes halogenated alkanes) is 1. The summed E-state index contributed by atoms with van der Waals surface area (Å²) in [4.78, 5) is 1.38. The molecule has 0 N–H and O–H groups in total. The van der Waals surface area contributed by atoms with Gasteiger partial charge in [0.2, 0.25) is 0 Å². The smallest absolute Gasteiger partial charge is 0.0683 e. The molecule has 0 spiro atoms. The van der Waals surface area contributed by atoms with E-state index < -0.39 is 0 Å². The third-order valence-corrected chi connectivity index (χ3v) is 3.65. The second-order valence-electron chi connectivity index (χ2n) is 4.89. The van der Waals surface area contributed by atoms with Gasteiger partial charge in [0.05, 0.1) is 18.1 Å². The second-order valence-corrected chi connectivity index (χ2v) is 5.93. The van der Waals surface area contributed by atoms with Crippen molar-refractivity contribution in [3.8, 4) is 6.07 Å². The van der Waals surface area contributed by atoms with Gasteiger partial charge in [-0.2, -0.15) is 5.26 Å². The molecule has 0 fully saturated rings. The number of nitriles is 1. The first-order valence-corrected chi connectivity index (χ1v) is 7.03. The van der Waals surface area contributed by atoms with Gasteiger partial charge >= 0.3 is 0 Å². The van der Waals surface area contributed by atoms with Crippen LogP contribution in [0.25, 0.3) is 0 Å². The first-order chi connectivity index (χ1) is 8.14. The van der Waals surface area contributed by atoms with Gasteiger partial charge in [0.1, 0.15) is 0 Å². The van der Waals surface area contributed by atoms with Gasteiger partial charge in [0, 0.05) is 17.9 Å². The van der Waals surface area contributed by atoms with E-state index in [0.717, 1.165) is 38.9 Å². The van der Waals surface area contributed by atoms with E-state index >= 15 is 0 Å². The Balaban J connectivity index is 1.93. The zero-order valence-corrected chi connectivity index (χ0v) is 11.6. The summed E-state index contributed by atoms with van der Waals surface area (Å²) in [5, 5.41) is 11.0. The molecule has 1 heterocycles. The molecule has 0 aliphatic heterocycles. The zero-order chi connectivity index (χ0) is 12.6. The van der Waals surface area contributed by atoms with E-state index in [1.165, 1.54) is 4.88 Å². The molecule has 0 aliphatic rings. The molecular weight excluding hydrogens is 230 g/mol. The first-order valence-electron chi connectivity index (χ1n) is 6.15. The SMILES string of the molecule is CC(C)(C#N)CCCCOCCc1cccs1. The van der Waals surface area contributed by atoms with Gasteiger partial charge in [-0.05, 0) is 44.6 Å². The fourth-order valence-electron chi connectivity index (χ4n) is 1.56. The van der Waals surface area contributed by atoms with Crippen molar-refractivity contribution in [3.05, 3.63) is 22.4 Å². The van der Waals surface area contributed by atoms with Crippen LogP contribution >= 0.6 is 11.3 Å². The average molecular weight is 251 g/mol. The van der Waals surface area contributed by atoms with Crippen LogP contribution in [-0.4, -0.2) is 13.2 Å². The van der Waals surface area contributed by atoms with E-state index in [0.29, 0.717) is 0 Å². The fraction of sp³-hybridized carbons (Fsp3) is 0.643. The Labute approximate surface area is 108 Å². The number of rotatable bonds is 8. The predicted molar refractivity (Wildman–Crippen MR) is 72.1 cm³/mol. The van der Waals surface area contributed by atoms with E-state index in [4.69, 9.17) is 10.00 Å². The lowest BCUT2D eigenvalue weighted by molar-refractivity contribution is 0.131. The highest BCUT2D eigenvalue weighted by molar-refractivity contribution is 7.09. The van der Waals surface area contributed by atoms with Crippen molar-refractivity contribution >= 4 is 11.3 Å². The number of hydrogen-bond donors (Lipinski definition) is 0. The number of hydrogen-bond acceptors (Lipinski definition) is 3. The maximum absolute atomic E-state index is 8.86. The second kappa shape index (κ2) is 7.47. The van der Waals surface area contributed by atoms with Gasteiger partial charge in [-0.1, -0.05) is 6.07 Å². The average Bonchev–Trinajstić information content (AvgIpc) is 2.81. The van der Waals surface area contributed by atoms with Crippen molar-refractivity contribution in [2.24, 2.45) is 5.41 Å². The lowest BCUT2D eigenvalue weighted by atomic mass is 9.89. The molecule has 0 saturated carbocycles. The van der Waals surface area contributed by atoms with Crippen LogP contribution in [0.3, 0.4) is 0 Å². The Morgan fingerprint density at radius 1 is 1.35 bits per heavy atom. The normalized spacial score (nSPS) is 11.4. The van der Waals surface area contributed by atoms with Crippen molar-refractivity contribution in [1.82, 2.24) is 0 Å². The zero-order valence-electron chi connectivity index (χ0n) is 10.7. The van der Waals surface area contributed by atoms with Crippen molar-refractivity contribution < 1.29 is 4.74 Å². The quantitative estimate of drug-likeness (QED) is 0.654. The van der Waals surface area contributed by atoms with Crippen LogP contribution in [0.1, 0.15) is 38.0 Å². The summed E-state index contributed by atoms with van der Waals surface area (Å²) in [7, 11) is 0. The van der Waals surface area contributed by atoms with Crippen molar-refractivity contribution in [2.45, 2.75) is 39.5 Å². The van der Waals surface area contributed by atoms with Gasteiger partial charge in [-0.15, -0.1) is 11.3 Å². The minimum absolute atomic E-state index is 0.184. The van der Waals surface area contributed by atoms with E-state index in [2.05, 4.69) is 23.6 Å². The Morgan fingerprint density at radius 3 is 2.82 bits per heavy atom. The van der Waals surface area contributed by atoms with Gasteiger partial charge in [0.15, 0.2) is 0 Å². The molecule has 0 amide bonds. The van der Waals surface area contributed by atoms with Crippen LogP contribution < -0.4 is 0 Å². The van der Waals surface area contributed by atoms with E-state index in [1.54, 1.807) is 11.3 Å². The Hall–Kier alpha value is -0.850. The van der Waals surface area contributed by atoms with E-state index in [9.17, 15) is 0 Å². The molecule has 0 bridgehead atoms. The maximum atomic E-state index is 8.86. The number of ether oxygens (including phenoxy) is 1. The van der Waals surface area contributed by atoms with Crippen LogP contribution in [0.2, 0.25) is 0 Å². The summed E-state index contributed by atoms with van der Waals surface area (Å²) in [5.41, 5.74) is -0.184. The van der Waals surface area contributed by atoms with Gasteiger partial charge in [-0.3, -0.25) is 0 Å². The third kappa shape index (κ3) is 6.45. The molecular formula is C14H21NOS. The molecule has 0 aromatic carbocycles. The Kier molecular flexibility index (Phi) is 6.25. The van der Waals surface area contributed by atoms with Gasteiger partial charge < -0.3 is 4.74 Å². The number of nitrogens with zero attached hydrogens (tertiary/aromatic N) is 1. The molecule has 0 saturated heterocycles. The highest BCUT2D eigenvalue weighted by atomic mass is 32.1. The van der Waals surface area contributed by atoms with Crippen LogP contribution in [0.15, 0.2) is 17.5 Å². The highest BCUT2D eigenvalue weighted by Crippen LogP contribution is 2.21. The molecule has 0 unspecified atom stereocenters. The molecule has 1 aromatic heterocycles. The largest absolute Gasteiger partial charge is 0.381 e. The van der Waals surface area contributed by atoms with E-state index in [1.807, 2.05) is 13.8 Å². The summed E-state index contributed by atoms with van der Waals surface area (Å²) < 4.78 is 5.58. The molecule has 1 aromatic rings. The summed E-state index contributed by atoms with van der Waals surface area (Å²) in [6, 6.07) is 6.54. The molecule has 0 aliphatic carbocycles. The molecule has 1 rings (SSSR count). The summed E-state index contributed by atoms with van der Waals surface area (Å²) in [6.07, 6.45) is 4.09. The predicted octanol–water partition coefficient (Wildman–Crippen LogP) is 4.03. The summed E-state index contributed by atoms with van der Waals surface area (Å²) >= 11 is 1.78. The number of thiophene rings is 1. The first kappa shape index (κ1) is 14.2. The van der Waals surface area contributed by atoms with Crippen LogP contribution in [0, 0.1) is 16.7 Å². The van der Waals surface area contributed by atoms with Crippen molar-refractivity contribution in [1.29, 1.82) is 5.26 Å². The van der Waals surface area contributed by atoms with Crippen LogP contribution in [0.4, 0.5) is 0 Å². The molecule has 0 atom stereocenters. The lowest BCUT2D eigenvalue weighted by Crippen LogP contribution is -2.08. The highest BCUT2D eigenvalue weighted by Gasteiger charge is 2.15. The molecule has 3 heteroatoms. The Morgan fingerprint density at radius 2 is 2.18 bits per heavy atom. The monoisotopic (exact) mass is 251 g/mol. The van der Waals surface area contributed by atoms with E-state index in [-0.39, 0.29) is 5.41 Å². The minimum Gasteiger partial charge on any atom is -0.381 e. The molecule has 2 nitrogen and oxygen atoms in total. The molecule has 0 radical (unpaired) electrons. The fourth-order valence-corrected chi connectivity index (χ4v) is 2.25. The van der Waals surface area contributed by atoms with Gasteiger partial charge in [-0.25, -0.2) is 0 Å².